The number of amides is 2. The minimum Gasteiger partial charge on any atom is -0.467 e. The van der Waals surface area contributed by atoms with Crippen LogP contribution in [0.5, 0.6) is 0 Å². The molecule has 1 saturated heterocycles. The van der Waals surface area contributed by atoms with Crippen LogP contribution in [0.15, 0.2) is 22.8 Å². The molecule has 4 atom stereocenters. The fraction of sp³-hybridized carbons (Fsp3) is 0.643. The van der Waals surface area contributed by atoms with Gasteiger partial charge < -0.3 is 24.9 Å². The summed E-state index contributed by atoms with van der Waals surface area (Å²) < 4.78 is 10.5. The molecule has 0 spiro atoms. The van der Waals surface area contributed by atoms with Gasteiger partial charge in [-0.3, -0.25) is 0 Å². The summed E-state index contributed by atoms with van der Waals surface area (Å²) in [5.41, 5.74) is 0. The average molecular weight is 282 g/mol. The zero-order chi connectivity index (χ0) is 14.5. The molecule has 3 N–H and O–H groups in total. The third-order valence-corrected chi connectivity index (χ3v) is 3.52. The fourth-order valence-electron chi connectivity index (χ4n) is 2.35. The Morgan fingerprint density at radius 3 is 3.00 bits per heavy atom. The maximum Gasteiger partial charge on any atom is 0.315 e. The maximum absolute atomic E-state index is 11.8. The van der Waals surface area contributed by atoms with E-state index in [0.29, 0.717) is 18.8 Å². The van der Waals surface area contributed by atoms with E-state index in [1.165, 1.54) is 6.26 Å². The summed E-state index contributed by atoms with van der Waals surface area (Å²) in [5.74, 6) is 0.511. The topological polar surface area (TPSA) is 83.7 Å². The Morgan fingerprint density at radius 1 is 1.60 bits per heavy atom. The van der Waals surface area contributed by atoms with Gasteiger partial charge in [0.15, 0.2) is 0 Å². The maximum atomic E-state index is 11.8. The van der Waals surface area contributed by atoms with E-state index in [4.69, 9.17) is 9.15 Å². The van der Waals surface area contributed by atoms with Gasteiger partial charge in [0.05, 0.1) is 18.4 Å². The van der Waals surface area contributed by atoms with Crippen LogP contribution < -0.4 is 10.6 Å². The smallest absolute Gasteiger partial charge is 0.315 e. The van der Waals surface area contributed by atoms with Crippen LogP contribution in [0.25, 0.3) is 0 Å². The number of hydrogen-bond acceptors (Lipinski definition) is 4. The van der Waals surface area contributed by atoms with Gasteiger partial charge in [0.1, 0.15) is 11.9 Å². The molecule has 1 aromatic rings. The van der Waals surface area contributed by atoms with Crippen LogP contribution in [0, 0.1) is 0 Å². The quantitative estimate of drug-likeness (QED) is 0.765. The van der Waals surface area contributed by atoms with Crippen molar-refractivity contribution in [2.45, 2.75) is 51.0 Å². The molecule has 1 fully saturated rings. The molecule has 1 aromatic heterocycles. The summed E-state index contributed by atoms with van der Waals surface area (Å²) >= 11 is 0. The van der Waals surface area contributed by atoms with Crippen LogP contribution in [0.4, 0.5) is 4.79 Å². The normalized spacial score (nSPS) is 25.1. The highest BCUT2D eigenvalue weighted by atomic mass is 16.5. The number of carbonyl (C=O) groups excluding carboxylic acids is 1. The fourth-order valence-corrected chi connectivity index (χ4v) is 2.35. The second-order valence-electron chi connectivity index (χ2n) is 5.26. The van der Waals surface area contributed by atoms with Gasteiger partial charge in [0.25, 0.3) is 0 Å². The highest BCUT2D eigenvalue weighted by molar-refractivity contribution is 5.74. The third kappa shape index (κ3) is 3.98. The van der Waals surface area contributed by atoms with Crippen LogP contribution in [0.2, 0.25) is 0 Å². The summed E-state index contributed by atoms with van der Waals surface area (Å²) in [6.45, 7) is 4.47. The molecule has 20 heavy (non-hydrogen) atoms. The van der Waals surface area contributed by atoms with Gasteiger partial charge in [0, 0.05) is 19.1 Å². The second kappa shape index (κ2) is 6.76. The van der Waals surface area contributed by atoms with E-state index in [1.54, 1.807) is 12.1 Å². The minimum atomic E-state index is -0.714. The van der Waals surface area contributed by atoms with Gasteiger partial charge in [-0.1, -0.05) is 0 Å². The molecule has 4 unspecified atom stereocenters. The third-order valence-electron chi connectivity index (χ3n) is 3.52. The lowest BCUT2D eigenvalue weighted by molar-refractivity contribution is 0.113. The van der Waals surface area contributed by atoms with Crippen molar-refractivity contribution >= 4 is 6.03 Å². The van der Waals surface area contributed by atoms with Gasteiger partial charge in [-0.15, -0.1) is 0 Å². The SMILES string of the molecule is CC(CC(O)c1ccco1)NC(=O)NC1CCOC1C. The highest BCUT2D eigenvalue weighted by Crippen LogP contribution is 2.18. The van der Waals surface area contributed by atoms with Gasteiger partial charge in [-0.25, -0.2) is 4.79 Å². The Balaban J connectivity index is 1.73. The van der Waals surface area contributed by atoms with Crippen molar-refractivity contribution in [3.05, 3.63) is 24.2 Å². The predicted molar refractivity (Wildman–Crippen MR) is 73.2 cm³/mol. The lowest BCUT2D eigenvalue weighted by Crippen LogP contribution is -2.47. The Morgan fingerprint density at radius 2 is 2.40 bits per heavy atom. The van der Waals surface area contributed by atoms with E-state index >= 15 is 0 Å². The predicted octanol–water partition coefficient (Wildman–Crippen LogP) is 1.57. The van der Waals surface area contributed by atoms with E-state index in [9.17, 15) is 9.90 Å². The van der Waals surface area contributed by atoms with E-state index < -0.39 is 6.10 Å². The van der Waals surface area contributed by atoms with Crippen LogP contribution in [0.1, 0.15) is 38.6 Å². The van der Waals surface area contributed by atoms with Crippen LogP contribution >= 0.6 is 0 Å². The van der Waals surface area contributed by atoms with Gasteiger partial charge in [-0.05, 0) is 32.4 Å². The van der Waals surface area contributed by atoms with Crippen molar-refractivity contribution in [3.8, 4) is 0 Å². The molecule has 112 valence electrons. The number of rotatable bonds is 5. The molecule has 2 rings (SSSR count). The highest BCUT2D eigenvalue weighted by Gasteiger charge is 2.26. The van der Waals surface area contributed by atoms with E-state index in [2.05, 4.69) is 10.6 Å². The summed E-state index contributed by atoms with van der Waals surface area (Å²) in [5, 5.41) is 15.6. The molecule has 1 aliphatic heterocycles. The van der Waals surface area contributed by atoms with Crippen molar-refractivity contribution < 1.29 is 19.1 Å². The number of aliphatic hydroxyl groups is 1. The number of aliphatic hydroxyl groups excluding tert-OH is 1. The molecule has 2 amide bonds. The first kappa shape index (κ1) is 14.9. The summed E-state index contributed by atoms with van der Waals surface area (Å²) in [6, 6.07) is 3.11. The van der Waals surface area contributed by atoms with Crippen molar-refractivity contribution in [2.75, 3.05) is 6.61 Å². The molecule has 0 aromatic carbocycles. The molecule has 0 bridgehead atoms. The molecule has 6 heteroatoms. The van der Waals surface area contributed by atoms with Crippen molar-refractivity contribution in [1.82, 2.24) is 10.6 Å². The molecule has 2 heterocycles. The largest absolute Gasteiger partial charge is 0.467 e. The number of urea groups is 1. The number of carbonyl (C=O) groups is 1. The molecular formula is C14H22N2O4. The standard InChI is InChI=1S/C14H22N2O4/c1-9(8-12(17)13-4-3-6-20-13)15-14(18)16-11-5-7-19-10(11)2/h3-4,6,9-12,17H,5,7-8H2,1-2H3,(H2,15,16,18). The number of nitrogens with one attached hydrogen (secondary N) is 2. The number of hydrogen-bond donors (Lipinski definition) is 3. The molecule has 0 saturated carbocycles. The van der Waals surface area contributed by atoms with Crippen molar-refractivity contribution in [1.29, 1.82) is 0 Å². The van der Waals surface area contributed by atoms with Crippen molar-refractivity contribution in [3.63, 3.8) is 0 Å². The van der Waals surface area contributed by atoms with Crippen molar-refractivity contribution in [2.24, 2.45) is 0 Å². The Labute approximate surface area is 118 Å². The molecule has 6 nitrogen and oxygen atoms in total. The molecule has 0 radical (unpaired) electrons. The number of furan rings is 1. The number of ether oxygens (including phenoxy) is 1. The van der Waals surface area contributed by atoms with Gasteiger partial charge in [-0.2, -0.15) is 0 Å². The van der Waals surface area contributed by atoms with E-state index in [-0.39, 0.29) is 24.2 Å². The van der Waals surface area contributed by atoms with Gasteiger partial charge in [0.2, 0.25) is 0 Å². The Bertz CT molecular complexity index is 421. The Kier molecular flexibility index (Phi) is 5.03. The molecule has 0 aliphatic carbocycles. The first-order chi connectivity index (χ1) is 9.56. The first-order valence-corrected chi connectivity index (χ1v) is 6.96. The lowest BCUT2D eigenvalue weighted by atomic mass is 10.1. The molecular weight excluding hydrogens is 260 g/mol. The summed E-state index contributed by atoms with van der Waals surface area (Å²) in [4.78, 5) is 11.8. The monoisotopic (exact) mass is 282 g/mol. The summed E-state index contributed by atoms with van der Waals surface area (Å²) in [7, 11) is 0. The lowest BCUT2D eigenvalue weighted by Gasteiger charge is -2.20. The van der Waals surface area contributed by atoms with E-state index in [0.717, 1.165) is 6.42 Å². The van der Waals surface area contributed by atoms with Crippen LogP contribution in [0.3, 0.4) is 0 Å². The first-order valence-electron chi connectivity index (χ1n) is 6.96. The zero-order valence-corrected chi connectivity index (χ0v) is 11.8. The summed E-state index contributed by atoms with van der Waals surface area (Å²) in [6.07, 6.45) is 2.08. The average Bonchev–Trinajstić information content (AvgIpc) is 3.01. The Hall–Kier alpha value is -1.53. The zero-order valence-electron chi connectivity index (χ0n) is 11.8. The second-order valence-corrected chi connectivity index (χ2v) is 5.26. The van der Waals surface area contributed by atoms with E-state index in [1.807, 2.05) is 13.8 Å². The molecule has 1 aliphatic rings. The van der Waals surface area contributed by atoms with Crippen LogP contribution in [-0.2, 0) is 4.74 Å². The minimum absolute atomic E-state index is 0.0461. The van der Waals surface area contributed by atoms with Gasteiger partial charge >= 0.3 is 6.03 Å². The van der Waals surface area contributed by atoms with Crippen LogP contribution in [-0.4, -0.2) is 35.9 Å².